The van der Waals surface area contributed by atoms with Crippen molar-refractivity contribution in [2.45, 2.75) is 64.1 Å². The Labute approximate surface area is 201 Å². The lowest BCUT2D eigenvalue weighted by molar-refractivity contribution is -0.142. The average Bonchev–Trinajstić information content (AvgIpc) is 2.79. The molecule has 0 aliphatic heterocycles. The third kappa shape index (κ3) is 13.5. The van der Waals surface area contributed by atoms with Gasteiger partial charge < -0.3 is 42.9 Å². The molecule has 0 aromatic heterocycles. The molecule has 0 saturated carbocycles. The quantitative estimate of drug-likeness (QED) is 0.0985. The second kappa shape index (κ2) is 16.0. The zero-order valence-electron chi connectivity index (χ0n) is 19.7. The van der Waals surface area contributed by atoms with Crippen LogP contribution in [0.3, 0.4) is 0 Å². The predicted octanol–water partition coefficient (Wildman–Crippen LogP) is -3.22. The molecule has 4 unspecified atom stereocenters. The van der Waals surface area contributed by atoms with Crippen LogP contribution in [0.4, 0.5) is 0 Å². The van der Waals surface area contributed by atoms with Gasteiger partial charge in [0.2, 0.25) is 29.5 Å². The summed E-state index contributed by atoms with van der Waals surface area (Å²) >= 11 is 0. The molecule has 0 rings (SSSR count). The predicted molar refractivity (Wildman–Crippen MR) is 120 cm³/mol. The summed E-state index contributed by atoms with van der Waals surface area (Å²) in [5.41, 5.74) is 10.7. The van der Waals surface area contributed by atoms with Crippen molar-refractivity contribution in [1.29, 1.82) is 0 Å². The Hall–Kier alpha value is -3.75. The fourth-order valence-corrected chi connectivity index (χ4v) is 2.66. The van der Waals surface area contributed by atoms with Crippen LogP contribution in [0.2, 0.25) is 0 Å². The third-order valence-corrected chi connectivity index (χ3v) is 5.02. The van der Waals surface area contributed by atoms with Gasteiger partial charge in [-0.1, -0.05) is 20.3 Å². The van der Waals surface area contributed by atoms with Gasteiger partial charge in [-0.2, -0.15) is 0 Å². The Morgan fingerprint density at radius 1 is 0.800 bits per heavy atom. The molecular formula is C20H34N6O9. The third-order valence-electron chi connectivity index (χ3n) is 5.02. The van der Waals surface area contributed by atoms with Crippen LogP contribution in [0.1, 0.15) is 46.0 Å². The van der Waals surface area contributed by atoms with Gasteiger partial charge in [0, 0.05) is 12.8 Å². The average molecular weight is 503 g/mol. The fourth-order valence-electron chi connectivity index (χ4n) is 2.66. The van der Waals surface area contributed by atoms with E-state index in [1.54, 1.807) is 6.92 Å². The number of amides is 5. The van der Waals surface area contributed by atoms with Gasteiger partial charge in [-0.05, 0) is 18.8 Å². The van der Waals surface area contributed by atoms with Crippen molar-refractivity contribution in [3.63, 3.8) is 0 Å². The van der Waals surface area contributed by atoms with E-state index in [0.29, 0.717) is 6.42 Å². The van der Waals surface area contributed by atoms with Crippen LogP contribution in [0.15, 0.2) is 0 Å². The van der Waals surface area contributed by atoms with E-state index in [1.165, 1.54) is 0 Å². The van der Waals surface area contributed by atoms with Gasteiger partial charge in [0.25, 0.3) is 0 Å². The van der Waals surface area contributed by atoms with Crippen LogP contribution in [0, 0.1) is 5.92 Å². The minimum Gasteiger partial charge on any atom is -0.481 e. The summed E-state index contributed by atoms with van der Waals surface area (Å²) in [5.74, 6) is -6.69. The zero-order chi connectivity index (χ0) is 27.1. The van der Waals surface area contributed by atoms with E-state index in [9.17, 15) is 33.6 Å². The first kappa shape index (κ1) is 31.2. The first-order chi connectivity index (χ1) is 16.3. The second-order valence-electron chi connectivity index (χ2n) is 7.86. The van der Waals surface area contributed by atoms with E-state index in [-0.39, 0.29) is 25.2 Å². The number of carbonyl (C=O) groups excluding carboxylic acids is 5. The number of nitrogens with two attached hydrogens (primary N) is 2. The summed E-state index contributed by atoms with van der Waals surface area (Å²) < 4.78 is 0. The standard InChI is InChI=1S/C20H34N6O9/c1-3-10(2)17(22)19(33)24-9-14(28)25-11(5-7-16(30)31)18(32)23-8-15(29)26-12(20(34)35)4-6-13(21)27/h10-12,17H,3-9,22H2,1-2H3,(H2,21,27)(H,23,32)(H,24,33)(H,25,28)(H,26,29)(H,30,31)(H,34,35). The molecule has 0 aromatic carbocycles. The maximum atomic E-state index is 12.4. The Morgan fingerprint density at radius 3 is 1.74 bits per heavy atom. The summed E-state index contributed by atoms with van der Waals surface area (Å²) in [6.07, 6.45) is -0.695. The smallest absolute Gasteiger partial charge is 0.326 e. The maximum Gasteiger partial charge on any atom is 0.326 e. The second-order valence-corrected chi connectivity index (χ2v) is 7.86. The van der Waals surface area contributed by atoms with Gasteiger partial charge in [0.15, 0.2) is 0 Å². The molecule has 0 aliphatic carbocycles. The molecule has 15 nitrogen and oxygen atoms in total. The zero-order valence-corrected chi connectivity index (χ0v) is 19.7. The van der Waals surface area contributed by atoms with E-state index in [1.807, 2.05) is 6.92 Å². The van der Waals surface area contributed by atoms with Crippen molar-refractivity contribution in [2.24, 2.45) is 17.4 Å². The highest BCUT2D eigenvalue weighted by Crippen LogP contribution is 2.05. The largest absolute Gasteiger partial charge is 0.481 e. The van der Waals surface area contributed by atoms with Crippen molar-refractivity contribution in [3.8, 4) is 0 Å². The van der Waals surface area contributed by atoms with Crippen molar-refractivity contribution < 1.29 is 43.8 Å². The highest BCUT2D eigenvalue weighted by molar-refractivity contribution is 5.93. The van der Waals surface area contributed by atoms with Crippen LogP contribution in [0.5, 0.6) is 0 Å². The van der Waals surface area contributed by atoms with Gasteiger partial charge in [0.1, 0.15) is 12.1 Å². The Morgan fingerprint density at radius 2 is 1.29 bits per heavy atom. The molecule has 0 heterocycles. The van der Waals surface area contributed by atoms with Gasteiger partial charge in [-0.15, -0.1) is 0 Å². The minimum atomic E-state index is -1.42. The van der Waals surface area contributed by atoms with E-state index in [0.717, 1.165) is 0 Å². The first-order valence-corrected chi connectivity index (χ1v) is 10.9. The van der Waals surface area contributed by atoms with Crippen molar-refractivity contribution in [3.05, 3.63) is 0 Å². The van der Waals surface area contributed by atoms with Gasteiger partial charge >= 0.3 is 11.9 Å². The minimum absolute atomic E-state index is 0.130. The molecule has 4 atom stereocenters. The Bertz CT molecular complexity index is 804. The van der Waals surface area contributed by atoms with E-state index >= 15 is 0 Å². The molecule has 0 bridgehead atoms. The van der Waals surface area contributed by atoms with Crippen LogP contribution in [-0.2, 0) is 33.6 Å². The lowest BCUT2D eigenvalue weighted by Crippen LogP contribution is -2.53. The number of carboxylic acid groups (broad SMARTS) is 2. The SMILES string of the molecule is CCC(C)C(N)C(=O)NCC(=O)NC(CCC(=O)O)C(=O)NCC(=O)NC(CCC(N)=O)C(=O)O. The topological polar surface area (TPSA) is 260 Å². The number of aliphatic carboxylic acids is 2. The van der Waals surface area contributed by atoms with Crippen LogP contribution in [0.25, 0.3) is 0 Å². The molecule has 0 aliphatic rings. The Kier molecular flexibility index (Phi) is 14.3. The number of nitrogens with one attached hydrogen (secondary N) is 4. The number of rotatable bonds is 17. The van der Waals surface area contributed by atoms with Crippen molar-refractivity contribution in [2.75, 3.05) is 13.1 Å². The molecular weight excluding hydrogens is 468 g/mol. The number of hydrogen-bond acceptors (Lipinski definition) is 8. The number of carbonyl (C=O) groups is 7. The number of hydrogen-bond donors (Lipinski definition) is 8. The Balaban J connectivity index is 4.91. The molecule has 35 heavy (non-hydrogen) atoms. The lowest BCUT2D eigenvalue weighted by Gasteiger charge is -2.20. The monoisotopic (exact) mass is 502 g/mol. The summed E-state index contributed by atoms with van der Waals surface area (Å²) in [7, 11) is 0. The van der Waals surface area contributed by atoms with E-state index < -0.39 is 79.1 Å². The van der Waals surface area contributed by atoms with Crippen LogP contribution >= 0.6 is 0 Å². The highest BCUT2D eigenvalue weighted by Gasteiger charge is 2.25. The number of carboxylic acids is 2. The maximum absolute atomic E-state index is 12.4. The fraction of sp³-hybridized carbons (Fsp3) is 0.650. The van der Waals surface area contributed by atoms with Crippen LogP contribution < -0.4 is 32.7 Å². The molecule has 0 radical (unpaired) electrons. The van der Waals surface area contributed by atoms with E-state index in [2.05, 4.69) is 21.3 Å². The molecule has 0 spiro atoms. The summed E-state index contributed by atoms with van der Waals surface area (Å²) in [6, 6.07) is -3.61. The first-order valence-electron chi connectivity index (χ1n) is 10.9. The van der Waals surface area contributed by atoms with Gasteiger partial charge in [-0.25, -0.2) is 4.79 Å². The lowest BCUT2D eigenvalue weighted by atomic mass is 9.99. The van der Waals surface area contributed by atoms with Gasteiger partial charge in [-0.3, -0.25) is 28.8 Å². The van der Waals surface area contributed by atoms with E-state index in [4.69, 9.17) is 21.7 Å². The highest BCUT2D eigenvalue weighted by atomic mass is 16.4. The molecule has 10 N–H and O–H groups in total. The van der Waals surface area contributed by atoms with Crippen molar-refractivity contribution >= 4 is 41.5 Å². The molecule has 5 amide bonds. The number of primary amides is 1. The molecule has 0 aromatic rings. The van der Waals surface area contributed by atoms with Crippen LogP contribution in [-0.4, -0.2) is 82.9 Å². The van der Waals surface area contributed by atoms with Crippen molar-refractivity contribution in [1.82, 2.24) is 21.3 Å². The molecule has 0 saturated heterocycles. The molecule has 15 heteroatoms. The molecule has 198 valence electrons. The van der Waals surface area contributed by atoms with Gasteiger partial charge in [0.05, 0.1) is 19.1 Å². The summed E-state index contributed by atoms with van der Waals surface area (Å²) in [5, 5.41) is 26.9. The summed E-state index contributed by atoms with van der Waals surface area (Å²) in [6.45, 7) is 2.42. The normalized spacial score (nSPS) is 13.9. The summed E-state index contributed by atoms with van der Waals surface area (Å²) in [4.78, 5) is 81.5. The molecule has 0 fully saturated rings.